The Morgan fingerprint density at radius 3 is 1.12 bits per heavy atom. The number of hydrogen-bond acceptors (Lipinski definition) is 0. The van der Waals surface area contributed by atoms with Gasteiger partial charge in [-0.15, -0.1) is 0 Å². The summed E-state index contributed by atoms with van der Waals surface area (Å²) < 4.78 is 0. The maximum atomic E-state index is 2.35. The van der Waals surface area contributed by atoms with Gasteiger partial charge in [-0.25, -0.2) is 0 Å². The van der Waals surface area contributed by atoms with Crippen LogP contribution in [0.25, 0.3) is 45.8 Å². The summed E-state index contributed by atoms with van der Waals surface area (Å²) in [7, 11) is 0. The molecule has 5 aromatic carbocycles. The van der Waals surface area contributed by atoms with Crippen molar-refractivity contribution in [2.45, 2.75) is 76.0 Å². The van der Waals surface area contributed by atoms with E-state index in [1.165, 1.54) is 119 Å². The van der Waals surface area contributed by atoms with Gasteiger partial charge in [-0.05, 0) is 117 Å². The predicted octanol–water partition coefficient (Wildman–Crippen LogP) is 12.4. The average molecular weight is 547 g/mol. The van der Waals surface area contributed by atoms with Crippen LogP contribution >= 0.6 is 0 Å². The van der Waals surface area contributed by atoms with Gasteiger partial charge in [0, 0.05) is 0 Å². The molecule has 0 N–H and O–H groups in total. The molecule has 0 bridgehead atoms. The molecule has 0 spiro atoms. The number of hydrogen-bond donors (Lipinski definition) is 0. The molecule has 0 aromatic heterocycles. The van der Waals surface area contributed by atoms with Crippen molar-refractivity contribution in [1.82, 2.24) is 0 Å². The standard InChI is InChI=1S/C42H42/c1-3-7-35(8-4-1)37-21-15-31(16-22-37)11-13-33-19-25-39-29-40-26-20-34(28-42(40)30-41(39)27-33)14-12-32-17-23-38(24-18-32)36-9-5-2-6-10-36/h11-30,35-36H,1-10H2. The Balaban J connectivity index is 1.06. The van der Waals surface area contributed by atoms with Crippen molar-refractivity contribution < 1.29 is 0 Å². The highest BCUT2D eigenvalue weighted by Gasteiger charge is 2.16. The number of benzene rings is 5. The molecule has 2 saturated carbocycles. The molecule has 210 valence electrons. The van der Waals surface area contributed by atoms with E-state index in [4.69, 9.17) is 0 Å². The molecule has 0 unspecified atom stereocenters. The molecular weight excluding hydrogens is 504 g/mol. The third-order valence-electron chi connectivity index (χ3n) is 9.81. The van der Waals surface area contributed by atoms with Crippen LogP contribution in [0.3, 0.4) is 0 Å². The van der Waals surface area contributed by atoms with Gasteiger partial charge >= 0.3 is 0 Å². The van der Waals surface area contributed by atoms with E-state index in [-0.39, 0.29) is 0 Å². The lowest BCUT2D eigenvalue weighted by atomic mass is 9.84. The highest BCUT2D eigenvalue weighted by Crippen LogP contribution is 2.34. The topological polar surface area (TPSA) is 0 Å². The van der Waals surface area contributed by atoms with E-state index in [1.807, 2.05) is 0 Å². The second-order valence-corrected chi connectivity index (χ2v) is 12.7. The Labute approximate surface area is 251 Å². The summed E-state index contributed by atoms with van der Waals surface area (Å²) in [5.41, 5.74) is 8.07. The van der Waals surface area contributed by atoms with Gasteiger partial charge in [0.1, 0.15) is 0 Å². The molecule has 5 aromatic rings. The molecule has 0 nitrogen and oxygen atoms in total. The smallest absolute Gasteiger partial charge is 0.0162 e. The van der Waals surface area contributed by atoms with Crippen LogP contribution in [-0.2, 0) is 0 Å². The summed E-state index contributed by atoms with van der Waals surface area (Å²) >= 11 is 0. The van der Waals surface area contributed by atoms with Crippen LogP contribution in [0.15, 0.2) is 97.1 Å². The quantitative estimate of drug-likeness (QED) is 0.147. The monoisotopic (exact) mass is 546 g/mol. The van der Waals surface area contributed by atoms with E-state index in [0.717, 1.165) is 11.8 Å². The van der Waals surface area contributed by atoms with Gasteiger partial charge in [-0.1, -0.05) is 136 Å². The molecule has 0 amide bonds. The van der Waals surface area contributed by atoms with Crippen LogP contribution in [0.2, 0.25) is 0 Å². The van der Waals surface area contributed by atoms with E-state index >= 15 is 0 Å². The van der Waals surface area contributed by atoms with E-state index in [1.54, 1.807) is 0 Å². The molecule has 0 radical (unpaired) electrons. The lowest BCUT2D eigenvalue weighted by Crippen LogP contribution is -2.04. The maximum absolute atomic E-state index is 2.35. The number of fused-ring (bicyclic) bond motifs is 2. The van der Waals surface area contributed by atoms with Crippen molar-refractivity contribution in [3.8, 4) is 0 Å². The molecule has 0 heteroatoms. The highest BCUT2D eigenvalue weighted by molar-refractivity contribution is 6.00. The van der Waals surface area contributed by atoms with Crippen LogP contribution in [-0.4, -0.2) is 0 Å². The minimum absolute atomic E-state index is 0.764. The van der Waals surface area contributed by atoms with Gasteiger partial charge < -0.3 is 0 Å². The first-order valence-electron chi connectivity index (χ1n) is 16.3. The third-order valence-corrected chi connectivity index (χ3v) is 9.81. The van der Waals surface area contributed by atoms with Gasteiger partial charge in [0.15, 0.2) is 0 Å². The molecule has 7 rings (SSSR count). The molecule has 0 saturated heterocycles. The van der Waals surface area contributed by atoms with E-state index in [0.29, 0.717) is 0 Å². The zero-order chi connectivity index (χ0) is 28.1. The number of rotatable bonds is 6. The van der Waals surface area contributed by atoms with Crippen LogP contribution in [0.1, 0.15) is 109 Å². The fourth-order valence-electron chi connectivity index (χ4n) is 7.26. The molecule has 0 aliphatic heterocycles. The molecular formula is C42H42. The molecule has 2 aliphatic carbocycles. The lowest BCUT2D eigenvalue weighted by Gasteiger charge is -2.21. The first-order chi connectivity index (χ1) is 20.8. The Morgan fingerprint density at radius 2 is 0.690 bits per heavy atom. The summed E-state index contributed by atoms with van der Waals surface area (Å²) in [6.07, 6.45) is 22.8. The summed E-state index contributed by atoms with van der Waals surface area (Å²) in [6.45, 7) is 0. The fourth-order valence-corrected chi connectivity index (χ4v) is 7.26. The Bertz CT molecular complexity index is 1580. The molecule has 42 heavy (non-hydrogen) atoms. The van der Waals surface area contributed by atoms with Crippen molar-refractivity contribution in [2.24, 2.45) is 0 Å². The Morgan fingerprint density at radius 1 is 0.333 bits per heavy atom. The molecule has 0 atom stereocenters. The van der Waals surface area contributed by atoms with Crippen molar-refractivity contribution in [3.63, 3.8) is 0 Å². The third kappa shape index (κ3) is 6.29. The van der Waals surface area contributed by atoms with Gasteiger partial charge in [-0.2, -0.15) is 0 Å². The normalized spacial score (nSPS) is 17.1. The Kier molecular flexibility index (Phi) is 8.05. The first-order valence-corrected chi connectivity index (χ1v) is 16.3. The Hall–Kier alpha value is -3.90. The summed E-state index contributed by atoms with van der Waals surface area (Å²) in [5.74, 6) is 1.53. The van der Waals surface area contributed by atoms with Crippen molar-refractivity contribution in [3.05, 3.63) is 130 Å². The zero-order valence-electron chi connectivity index (χ0n) is 24.8. The first kappa shape index (κ1) is 27.0. The van der Waals surface area contributed by atoms with Gasteiger partial charge in [-0.3, -0.25) is 0 Å². The van der Waals surface area contributed by atoms with Crippen LogP contribution in [0.4, 0.5) is 0 Å². The second-order valence-electron chi connectivity index (χ2n) is 12.7. The van der Waals surface area contributed by atoms with Gasteiger partial charge in [0.05, 0.1) is 0 Å². The van der Waals surface area contributed by atoms with Crippen molar-refractivity contribution in [1.29, 1.82) is 0 Å². The van der Waals surface area contributed by atoms with E-state index in [2.05, 4.69) is 121 Å². The SMILES string of the molecule is C(=Cc1ccc2cc3ccc(C=Cc4ccc(C5CCCCC5)cc4)cc3cc2c1)c1ccc(C2CCCCC2)cc1. The van der Waals surface area contributed by atoms with Crippen molar-refractivity contribution in [2.75, 3.05) is 0 Å². The minimum Gasteiger partial charge on any atom is -0.0582 e. The second kappa shape index (κ2) is 12.5. The summed E-state index contributed by atoms with van der Waals surface area (Å²) in [5, 5.41) is 5.16. The van der Waals surface area contributed by atoms with Crippen LogP contribution in [0.5, 0.6) is 0 Å². The lowest BCUT2D eigenvalue weighted by molar-refractivity contribution is 0.443. The van der Waals surface area contributed by atoms with Gasteiger partial charge in [0.2, 0.25) is 0 Å². The molecule has 0 heterocycles. The molecule has 2 fully saturated rings. The summed E-state index contributed by atoms with van der Waals surface area (Å²) in [6, 6.07) is 36.8. The summed E-state index contributed by atoms with van der Waals surface area (Å²) in [4.78, 5) is 0. The highest BCUT2D eigenvalue weighted by atomic mass is 14.2. The van der Waals surface area contributed by atoms with E-state index < -0.39 is 0 Å². The largest absolute Gasteiger partial charge is 0.0582 e. The molecule has 2 aliphatic rings. The van der Waals surface area contributed by atoms with Crippen LogP contribution in [0, 0.1) is 0 Å². The fraction of sp³-hybridized carbons (Fsp3) is 0.286. The predicted molar refractivity (Wildman–Crippen MR) is 184 cm³/mol. The van der Waals surface area contributed by atoms with Crippen molar-refractivity contribution >= 4 is 45.8 Å². The average Bonchev–Trinajstić information content (AvgIpc) is 3.06. The maximum Gasteiger partial charge on any atom is -0.0162 e. The minimum atomic E-state index is 0.764. The van der Waals surface area contributed by atoms with Crippen LogP contribution < -0.4 is 0 Å². The van der Waals surface area contributed by atoms with E-state index in [9.17, 15) is 0 Å². The zero-order valence-corrected chi connectivity index (χ0v) is 24.8. The van der Waals surface area contributed by atoms with Gasteiger partial charge in [0.25, 0.3) is 0 Å².